The molecule has 0 aromatic carbocycles. The smallest absolute Gasteiger partial charge is 0.0494 e. The lowest BCUT2D eigenvalue weighted by Crippen LogP contribution is -2.27. The van der Waals surface area contributed by atoms with Gasteiger partial charge in [0.2, 0.25) is 0 Å². The quantitative estimate of drug-likeness (QED) is 0.604. The number of hydrogen-bond acceptors (Lipinski definition) is 3. The highest BCUT2D eigenvalue weighted by atomic mass is 16.5. The molecule has 0 bridgehead atoms. The minimum absolute atomic E-state index is 0.879. The van der Waals surface area contributed by atoms with Crippen molar-refractivity contribution in [1.82, 2.24) is 10.2 Å². The maximum Gasteiger partial charge on any atom is 0.0494 e. The molecule has 0 radical (unpaired) electrons. The van der Waals surface area contributed by atoms with E-state index in [-0.39, 0.29) is 0 Å². The molecule has 3 nitrogen and oxygen atoms in total. The summed E-state index contributed by atoms with van der Waals surface area (Å²) in [5.74, 6) is 1.79. The van der Waals surface area contributed by atoms with Gasteiger partial charge in [0.05, 0.1) is 0 Å². The average Bonchev–Trinajstić information content (AvgIpc) is 3.09. The van der Waals surface area contributed by atoms with E-state index in [2.05, 4.69) is 17.1 Å². The molecule has 3 heteroatoms. The van der Waals surface area contributed by atoms with Gasteiger partial charge >= 0.3 is 0 Å². The monoisotopic (exact) mass is 254 g/mol. The van der Waals surface area contributed by atoms with Gasteiger partial charge in [-0.2, -0.15) is 0 Å². The summed E-state index contributed by atoms with van der Waals surface area (Å²) in [5.41, 5.74) is 0. The Balaban J connectivity index is 1.42. The van der Waals surface area contributed by atoms with Crippen molar-refractivity contribution in [3.63, 3.8) is 0 Å². The van der Waals surface area contributed by atoms with E-state index in [0.717, 1.165) is 25.0 Å². The topological polar surface area (TPSA) is 24.5 Å². The van der Waals surface area contributed by atoms with Crippen LogP contribution in [0.15, 0.2) is 0 Å². The van der Waals surface area contributed by atoms with Crippen LogP contribution in [0.2, 0.25) is 0 Å². The van der Waals surface area contributed by atoms with E-state index in [1.165, 1.54) is 64.8 Å². The largest absolute Gasteiger partial charge is 0.381 e. The molecular formula is C15H30N2O. The van der Waals surface area contributed by atoms with Crippen molar-refractivity contribution >= 4 is 0 Å². The molecule has 1 saturated carbocycles. The zero-order valence-electron chi connectivity index (χ0n) is 12.0. The number of ether oxygens (including phenoxy) is 1. The first-order chi connectivity index (χ1) is 8.88. The van der Waals surface area contributed by atoms with Crippen molar-refractivity contribution in [2.24, 2.45) is 11.8 Å². The maximum absolute atomic E-state index is 5.68. The molecular weight excluding hydrogens is 224 g/mol. The van der Waals surface area contributed by atoms with E-state index in [4.69, 9.17) is 4.74 Å². The Bertz CT molecular complexity index is 219. The van der Waals surface area contributed by atoms with Gasteiger partial charge < -0.3 is 15.0 Å². The molecule has 0 aromatic heterocycles. The van der Waals surface area contributed by atoms with Crippen molar-refractivity contribution in [1.29, 1.82) is 0 Å². The summed E-state index contributed by atoms with van der Waals surface area (Å²) in [6.45, 7) is 10.4. The van der Waals surface area contributed by atoms with Crippen LogP contribution in [-0.4, -0.2) is 50.8 Å². The highest BCUT2D eigenvalue weighted by molar-refractivity contribution is 4.77. The number of nitrogens with zero attached hydrogens (tertiary/aromatic N) is 1. The van der Waals surface area contributed by atoms with Crippen molar-refractivity contribution in [2.75, 3.05) is 45.9 Å². The first-order valence-corrected chi connectivity index (χ1v) is 7.89. The van der Waals surface area contributed by atoms with Gasteiger partial charge in [0.25, 0.3) is 0 Å². The van der Waals surface area contributed by atoms with Gasteiger partial charge in [-0.3, -0.25) is 0 Å². The van der Waals surface area contributed by atoms with Crippen molar-refractivity contribution in [3.05, 3.63) is 0 Å². The molecule has 1 aliphatic carbocycles. The molecule has 1 aliphatic heterocycles. The highest BCUT2D eigenvalue weighted by Crippen LogP contribution is 2.28. The summed E-state index contributed by atoms with van der Waals surface area (Å²) in [6, 6.07) is 0. The van der Waals surface area contributed by atoms with E-state index in [0.29, 0.717) is 0 Å². The van der Waals surface area contributed by atoms with Crippen LogP contribution in [0.25, 0.3) is 0 Å². The van der Waals surface area contributed by atoms with Gasteiger partial charge in [-0.15, -0.1) is 0 Å². The number of hydrogen-bond donors (Lipinski definition) is 1. The third-order valence-electron chi connectivity index (χ3n) is 4.04. The Hall–Kier alpha value is -0.120. The second kappa shape index (κ2) is 8.13. The summed E-state index contributed by atoms with van der Waals surface area (Å²) in [5, 5.41) is 3.54. The van der Waals surface area contributed by atoms with Crippen LogP contribution < -0.4 is 5.32 Å². The summed E-state index contributed by atoms with van der Waals surface area (Å²) >= 11 is 0. The minimum atomic E-state index is 0.879. The van der Waals surface area contributed by atoms with E-state index in [1.807, 2.05) is 0 Å². The zero-order valence-corrected chi connectivity index (χ0v) is 12.0. The Morgan fingerprint density at radius 1 is 1.22 bits per heavy atom. The second-order valence-corrected chi connectivity index (χ2v) is 6.03. The molecule has 2 rings (SSSR count). The average molecular weight is 254 g/mol. The van der Waals surface area contributed by atoms with Gasteiger partial charge in [0.1, 0.15) is 0 Å². The van der Waals surface area contributed by atoms with Crippen LogP contribution in [0.4, 0.5) is 0 Å². The van der Waals surface area contributed by atoms with Gasteiger partial charge in [-0.05, 0) is 63.6 Å². The normalized spacial score (nSPS) is 24.8. The molecule has 18 heavy (non-hydrogen) atoms. The zero-order chi connectivity index (χ0) is 12.6. The fraction of sp³-hybridized carbons (Fsp3) is 1.00. The van der Waals surface area contributed by atoms with E-state index < -0.39 is 0 Å². The van der Waals surface area contributed by atoms with Gasteiger partial charge in [0, 0.05) is 26.3 Å². The summed E-state index contributed by atoms with van der Waals surface area (Å²) in [7, 11) is 0. The van der Waals surface area contributed by atoms with Crippen molar-refractivity contribution in [2.45, 2.75) is 39.0 Å². The highest BCUT2D eigenvalue weighted by Gasteiger charge is 2.22. The van der Waals surface area contributed by atoms with Crippen LogP contribution in [0, 0.1) is 11.8 Å². The fourth-order valence-corrected chi connectivity index (χ4v) is 2.69. The SMILES string of the molecule is CCCNCC1CCN(CCCOCC2CC2)C1. The summed E-state index contributed by atoms with van der Waals surface area (Å²) < 4.78 is 5.68. The summed E-state index contributed by atoms with van der Waals surface area (Å²) in [4.78, 5) is 2.61. The predicted octanol–water partition coefficient (Wildman–Crippen LogP) is 2.12. The van der Waals surface area contributed by atoms with Crippen LogP contribution in [0.1, 0.15) is 39.0 Å². The number of likely N-dealkylation sites (tertiary alicyclic amines) is 1. The van der Waals surface area contributed by atoms with Gasteiger partial charge in [-0.25, -0.2) is 0 Å². The molecule has 0 aromatic rings. The number of nitrogens with one attached hydrogen (secondary N) is 1. The third-order valence-corrected chi connectivity index (χ3v) is 4.04. The first kappa shape index (κ1) is 14.3. The van der Waals surface area contributed by atoms with Crippen LogP contribution >= 0.6 is 0 Å². The molecule has 2 aliphatic rings. The minimum Gasteiger partial charge on any atom is -0.381 e. The molecule has 1 atom stereocenters. The van der Waals surface area contributed by atoms with Gasteiger partial charge in [0.15, 0.2) is 0 Å². The molecule has 2 fully saturated rings. The number of rotatable bonds is 10. The Kier molecular flexibility index (Phi) is 6.46. The molecule has 106 valence electrons. The lowest BCUT2D eigenvalue weighted by Gasteiger charge is -2.16. The molecule has 0 amide bonds. The van der Waals surface area contributed by atoms with E-state index >= 15 is 0 Å². The maximum atomic E-state index is 5.68. The van der Waals surface area contributed by atoms with Crippen molar-refractivity contribution in [3.8, 4) is 0 Å². The summed E-state index contributed by atoms with van der Waals surface area (Å²) in [6.07, 6.45) is 6.63. The third kappa shape index (κ3) is 5.68. The van der Waals surface area contributed by atoms with Crippen LogP contribution in [0.5, 0.6) is 0 Å². The molecule has 1 heterocycles. The van der Waals surface area contributed by atoms with Gasteiger partial charge in [-0.1, -0.05) is 6.92 Å². The molecule has 1 unspecified atom stereocenters. The molecule has 1 N–H and O–H groups in total. The fourth-order valence-electron chi connectivity index (χ4n) is 2.69. The van der Waals surface area contributed by atoms with E-state index in [1.54, 1.807) is 0 Å². The first-order valence-electron chi connectivity index (χ1n) is 7.89. The van der Waals surface area contributed by atoms with Crippen LogP contribution in [-0.2, 0) is 4.74 Å². The second-order valence-electron chi connectivity index (χ2n) is 6.03. The lowest BCUT2D eigenvalue weighted by molar-refractivity contribution is 0.114. The van der Waals surface area contributed by atoms with E-state index in [9.17, 15) is 0 Å². The Morgan fingerprint density at radius 3 is 2.89 bits per heavy atom. The van der Waals surface area contributed by atoms with Crippen molar-refractivity contribution < 1.29 is 4.74 Å². The van der Waals surface area contributed by atoms with Crippen LogP contribution in [0.3, 0.4) is 0 Å². The molecule has 0 spiro atoms. The standard InChI is InChI=1S/C15H30N2O/c1-2-7-16-11-15-6-9-17(12-15)8-3-10-18-13-14-4-5-14/h14-16H,2-13H2,1H3. The predicted molar refractivity (Wildman–Crippen MR) is 75.9 cm³/mol. The Morgan fingerprint density at radius 2 is 2.11 bits per heavy atom. The lowest BCUT2D eigenvalue weighted by atomic mass is 10.1. The molecule has 1 saturated heterocycles. The Labute approximate surface area is 112 Å².